The minimum Gasteiger partial charge on any atom is -0.439 e. The fourth-order valence-corrected chi connectivity index (χ4v) is 18.2. The van der Waals surface area contributed by atoms with Crippen molar-refractivity contribution in [3.8, 4) is 0 Å². The SMILES string of the molecule is C[Si](O[SiH](C)O[Si](C)(C)C)O[Si](C)(C)O[Si](C)(C)C.[Rf]. The molecule has 117 valence electrons. The summed E-state index contributed by atoms with van der Waals surface area (Å²) in [6.07, 6.45) is 0. The molecule has 4 nitrogen and oxygen atoms in total. The van der Waals surface area contributed by atoms with Crippen molar-refractivity contribution in [2.75, 3.05) is 0 Å². The zero-order chi connectivity index (χ0) is 15.5. The van der Waals surface area contributed by atoms with Crippen LogP contribution in [-0.4, -0.2) is 43.8 Å². The molecule has 1 radical (unpaired) electrons. The second-order valence-electron chi connectivity index (χ2n) is 7.12. The van der Waals surface area contributed by atoms with Gasteiger partial charge in [-0.05, 0) is 65.5 Å². The van der Waals surface area contributed by atoms with Crippen LogP contribution in [0.25, 0.3) is 0 Å². The van der Waals surface area contributed by atoms with Crippen LogP contribution in [0.5, 0.6) is 0 Å². The second-order valence-corrected chi connectivity index (χ2v) is 24.0. The summed E-state index contributed by atoms with van der Waals surface area (Å²) in [5, 5.41) is 0. The van der Waals surface area contributed by atoms with Gasteiger partial charge in [-0.1, -0.05) is 0 Å². The molecule has 0 aliphatic rings. The van der Waals surface area contributed by atoms with E-state index < -0.39 is 43.8 Å². The van der Waals surface area contributed by atoms with E-state index in [0.717, 1.165) is 0 Å². The third kappa shape index (κ3) is 12.9. The molecule has 0 aromatic rings. The number of rotatable bonds is 8. The molecule has 0 rings (SSSR count). The van der Waals surface area contributed by atoms with Crippen molar-refractivity contribution in [3.63, 3.8) is 0 Å². The molecule has 0 aromatic carbocycles. The zero-order valence-corrected chi connectivity index (χ0v) is 26.5. The average molecular weight is 623 g/mol. The van der Waals surface area contributed by atoms with Crippen molar-refractivity contribution in [1.82, 2.24) is 0 Å². The summed E-state index contributed by atoms with van der Waals surface area (Å²) < 4.78 is 24.2. The molecule has 0 fully saturated rings. The van der Waals surface area contributed by atoms with Gasteiger partial charge < -0.3 is 16.5 Å². The van der Waals surface area contributed by atoms with Crippen LogP contribution in [0.2, 0.25) is 65.5 Å². The van der Waals surface area contributed by atoms with Gasteiger partial charge in [-0.25, -0.2) is 0 Å². The number of hydrogen-bond acceptors (Lipinski definition) is 4. The zero-order valence-electron chi connectivity index (χ0n) is 14.9. The Balaban J connectivity index is 0. The van der Waals surface area contributed by atoms with Crippen LogP contribution in [0.15, 0.2) is 0 Å². The predicted molar refractivity (Wildman–Crippen MR) is 93.1 cm³/mol. The van der Waals surface area contributed by atoms with Gasteiger partial charge in [0.25, 0.3) is 9.28 Å². The van der Waals surface area contributed by atoms with Crippen LogP contribution in [0.1, 0.15) is 0 Å². The standard InChI is InChI=1S/C10H31O4Si5.Rf/c1-15(12-17(3,4)5)11-16(2)13-19(9,10)14-18(6,7)8;/h15H,1-10H3;. The summed E-state index contributed by atoms with van der Waals surface area (Å²) >= 11 is 0. The largest absolute Gasteiger partial charge is 0.439 e. The van der Waals surface area contributed by atoms with Gasteiger partial charge in [0, 0.05) is 0 Å². The second kappa shape index (κ2) is 7.80. The molecule has 10 heteroatoms. The van der Waals surface area contributed by atoms with E-state index >= 15 is 0 Å². The first-order chi connectivity index (χ1) is 8.20. The third-order valence-corrected chi connectivity index (χ3v) is 16.1. The van der Waals surface area contributed by atoms with Gasteiger partial charge in [-0.3, -0.25) is 0 Å². The Labute approximate surface area is 126 Å². The van der Waals surface area contributed by atoms with E-state index in [9.17, 15) is 0 Å². The molecular weight excluding hydrogens is 592 g/mol. The monoisotopic (exact) mass is 622 g/mol. The van der Waals surface area contributed by atoms with E-state index in [4.69, 9.17) is 16.5 Å². The van der Waals surface area contributed by atoms with Crippen LogP contribution >= 0.6 is 0 Å². The Morgan fingerprint density at radius 2 is 1.30 bits per heavy atom. The number of hydrogen-bond donors (Lipinski definition) is 0. The maximum atomic E-state index is 6.16. The summed E-state index contributed by atoms with van der Waals surface area (Å²) in [6, 6.07) is 0. The Kier molecular flexibility index (Phi) is 8.66. The van der Waals surface area contributed by atoms with Crippen molar-refractivity contribution < 1.29 is 16.5 Å². The molecule has 0 aliphatic heterocycles. The summed E-state index contributed by atoms with van der Waals surface area (Å²) in [5.74, 6) is 0. The minimum absolute atomic E-state index is 0. The van der Waals surface area contributed by atoms with Gasteiger partial charge in [-0.15, -0.1) is 0 Å². The Morgan fingerprint density at radius 3 is 1.65 bits per heavy atom. The summed E-state index contributed by atoms with van der Waals surface area (Å²) in [5.41, 5.74) is 0. The van der Waals surface area contributed by atoms with E-state index in [1.165, 1.54) is 0 Å². The van der Waals surface area contributed by atoms with E-state index in [1.807, 2.05) is 6.55 Å². The summed E-state index contributed by atoms with van der Waals surface area (Å²) in [4.78, 5) is 0. The molecule has 0 saturated carbocycles. The van der Waals surface area contributed by atoms with Crippen molar-refractivity contribution in [3.05, 3.63) is 0 Å². The van der Waals surface area contributed by atoms with Crippen molar-refractivity contribution >= 4 is 43.8 Å². The van der Waals surface area contributed by atoms with Crippen LogP contribution in [0.4, 0.5) is 0 Å². The van der Waals surface area contributed by atoms with Crippen LogP contribution in [0.3, 0.4) is 0 Å². The third-order valence-electron chi connectivity index (χ3n) is 1.79. The van der Waals surface area contributed by atoms with Gasteiger partial charge >= 0.3 is 17.8 Å². The maximum Gasteiger partial charge on any atom is 0.362 e. The van der Waals surface area contributed by atoms with Gasteiger partial charge in [0.2, 0.25) is 0 Å². The van der Waals surface area contributed by atoms with Crippen LogP contribution in [-0.2, 0) is 16.5 Å². The predicted octanol–water partition coefficient (Wildman–Crippen LogP) is 3.39. The van der Waals surface area contributed by atoms with Gasteiger partial charge in [-0.2, -0.15) is 0 Å². The molecule has 20 heavy (non-hydrogen) atoms. The first-order valence-electron chi connectivity index (χ1n) is 6.77. The molecule has 0 aliphatic carbocycles. The molecule has 0 aromatic heterocycles. The maximum absolute atomic E-state index is 6.16. The topological polar surface area (TPSA) is 36.9 Å². The fraction of sp³-hybridized carbons (Fsp3) is 1.00. The Bertz CT molecular complexity index is 280. The molecular formula is C10H31O4RfSi5. The first-order valence-corrected chi connectivity index (χ1v) is 20.3. The van der Waals surface area contributed by atoms with Crippen molar-refractivity contribution in [2.45, 2.75) is 65.5 Å². The van der Waals surface area contributed by atoms with Gasteiger partial charge in [0.1, 0.15) is 0 Å². The molecule has 1 unspecified atom stereocenters. The average Bonchev–Trinajstić information content (AvgIpc) is 1.89. The van der Waals surface area contributed by atoms with Crippen molar-refractivity contribution in [2.24, 2.45) is 0 Å². The Hall–Kier alpha value is -0.0756. The van der Waals surface area contributed by atoms with Crippen molar-refractivity contribution in [1.29, 1.82) is 0 Å². The Morgan fingerprint density at radius 1 is 0.850 bits per heavy atom. The quantitative estimate of drug-likeness (QED) is 0.389. The van der Waals surface area contributed by atoms with Gasteiger partial charge in [0.15, 0.2) is 16.6 Å². The van der Waals surface area contributed by atoms with Gasteiger partial charge in [0.05, 0.1) is 0 Å². The molecule has 0 heterocycles. The van der Waals surface area contributed by atoms with E-state index in [1.54, 1.807) is 0 Å². The smallest absolute Gasteiger partial charge is 0.362 e. The van der Waals surface area contributed by atoms with E-state index in [0.29, 0.717) is 0 Å². The van der Waals surface area contributed by atoms with Crippen LogP contribution < -0.4 is 0 Å². The molecule has 0 amide bonds. The minimum atomic E-state index is -2.07. The summed E-state index contributed by atoms with van der Waals surface area (Å²) in [7, 11) is -7.96. The van der Waals surface area contributed by atoms with E-state index in [-0.39, 0.29) is 0 Å². The first kappa shape index (κ1) is 22.2. The normalized spacial score (nSPS) is 15.2. The summed E-state index contributed by atoms with van der Waals surface area (Å²) in [6.45, 7) is 21.5. The molecule has 0 spiro atoms. The molecule has 1 atom stereocenters. The molecule has 0 bridgehead atoms. The molecule has 0 N–H and O–H groups in total. The van der Waals surface area contributed by atoms with E-state index in [2.05, 4.69) is 58.9 Å². The fourth-order valence-electron chi connectivity index (χ4n) is 1.88. The van der Waals surface area contributed by atoms with Crippen LogP contribution in [0, 0.1) is 0 Å². The molecule has 0 saturated heterocycles.